The molecule has 11 heteroatoms. The maximum absolute atomic E-state index is 12.7. The lowest BCUT2D eigenvalue weighted by atomic mass is 9.98. The van der Waals surface area contributed by atoms with Gasteiger partial charge in [-0.25, -0.2) is 0 Å². The molecule has 1 heterocycles. The van der Waals surface area contributed by atoms with Gasteiger partial charge in [-0.2, -0.15) is 26.3 Å². The number of aryl methyl sites for hydroxylation is 1. The molecule has 0 amide bonds. The summed E-state index contributed by atoms with van der Waals surface area (Å²) in [6.07, 6.45) is -10.6. The first kappa shape index (κ1) is 22.3. The van der Waals surface area contributed by atoms with Crippen LogP contribution in [0.5, 0.6) is 5.75 Å². The molecule has 1 aromatic rings. The van der Waals surface area contributed by atoms with Crippen LogP contribution in [-0.2, 0) is 0 Å². The fourth-order valence-electron chi connectivity index (χ4n) is 1.79. The number of alkyl halides is 6. The maximum atomic E-state index is 12.7. The van der Waals surface area contributed by atoms with Crippen LogP contribution in [0.3, 0.4) is 0 Å². The van der Waals surface area contributed by atoms with Gasteiger partial charge in [0, 0.05) is 5.56 Å². The van der Waals surface area contributed by atoms with Gasteiger partial charge in [0.2, 0.25) is 6.29 Å². The minimum absolute atomic E-state index is 0. The molecule has 1 aliphatic rings. The van der Waals surface area contributed by atoms with Crippen molar-refractivity contribution in [2.75, 3.05) is 6.54 Å². The number of rotatable bonds is 0. The van der Waals surface area contributed by atoms with Crippen molar-refractivity contribution in [2.24, 2.45) is 5.73 Å². The second-order valence-electron chi connectivity index (χ2n) is 4.51. The van der Waals surface area contributed by atoms with E-state index in [2.05, 4.69) is 21.7 Å². The van der Waals surface area contributed by atoms with E-state index in [1.807, 2.05) is 0 Å². The monoisotopic (exact) mass is 431 g/mol. The number of aliphatic hydroxyl groups excluding tert-OH is 1. The quantitative estimate of drug-likeness (QED) is 0.609. The minimum atomic E-state index is -4.52. The van der Waals surface area contributed by atoms with Crippen LogP contribution in [-0.4, -0.2) is 30.3 Å². The fraction of sp³-hybridized carbons (Fsp3) is 0.500. The molecular formula is C12H13BrClF6NO2. The van der Waals surface area contributed by atoms with Crippen molar-refractivity contribution in [1.82, 2.24) is 0 Å². The first-order chi connectivity index (χ1) is 9.86. The van der Waals surface area contributed by atoms with Crippen molar-refractivity contribution < 1.29 is 36.2 Å². The van der Waals surface area contributed by atoms with Crippen molar-refractivity contribution >= 4 is 28.3 Å². The van der Waals surface area contributed by atoms with Crippen LogP contribution in [0.1, 0.15) is 17.0 Å². The lowest BCUT2D eigenvalue weighted by Crippen LogP contribution is -2.30. The molecule has 3 nitrogen and oxygen atoms in total. The number of aliphatic hydroxyl groups is 1. The maximum Gasteiger partial charge on any atom is 0.401 e. The third kappa shape index (κ3) is 6.02. The van der Waals surface area contributed by atoms with Crippen LogP contribution in [0.15, 0.2) is 16.6 Å². The lowest BCUT2D eigenvalue weighted by molar-refractivity contribution is -0.191. The van der Waals surface area contributed by atoms with Gasteiger partial charge in [-0.05, 0) is 34.5 Å². The van der Waals surface area contributed by atoms with Gasteiger partial charge >= 0.3 is 12.4 Å². The number of benzene rings is 1. The summed E-state index contributed by atoms with van der Waals surface area (Å²) >= 11 is 3.12. The molecule has 2 atom stereocenters. The molecule has 134 valence electrons. The Hall–Kier alpha value is -0.710. The molecule has 0 radical (unpaired) electrons. The molecule has 0 spiro atoms. The summed E-state index contributed by atoms with van der Waals surface area (Å²) in [5.41, 5.74) is 4.84. The van der Waals surface area contributed by atoms with Crippen molar-refractivity contribution in [3.63, 3.8) is 0 Å². The SMILES string of the molecule is Cc1cc(Br)c2c(c1)C(C(F)(F)F)C(O)O2.Cl.NCC(F)(F)F. The van der Waals surface area contributed by atoms with Gasteiger partial charge in [-0.1, -0.05) is 6.07 Å². The van der Waals surface area contributed by atoms with Crippen molar-refractivity contribution in [3.8, 4) is 5.75 Å². The Balaban J connectivity index is 0.000000599. The summed E-state index contributed by atoms with van der Waals surface area (Å²) in [5.74, 6) is -1.90. The Morgan fingerprint density at radius 2 is 1.70 bits per heavy atom. The molecule has 0 bridgehead atoms. The van der Waals surface area contributed by atoms with E-state index in [0.717, 1.165) is 0 Å². The van der Waals surface area contributed by atoms with Gasteiger partial charge in [0.25, 0.3) is 0 Å². The fourth-order valence-corrected chi connectivity index (χ4v) is 2.48. The summed E-state index contributed by atoms with van der Waals surface area (Å²) in [6, 6.07) is 3.03. The zero-order chi connectivity index (χ0) is 17.3. The predicted molar refractivity (Wildman–Crippen MR) is 76.7 cm³/mol. The van der Waals surface area contributed by atoms with E-state index in [4.69, 9.17) is 4.74 Å². The normalized spacial score (nSPS) is 19.9. The highest BCUT2D eigenvalue weighted by Crippen LogP contribution is 2.49. The Labute approximate surface area is 142 Å². The van der Waals surface area contributed by atoms with Crippen LogP contribution in [0.2, 0.25) is 0 Å². The third-order valence-electron chi connectivity index (χ3n) is 2.66. The molecule has 23 heavy (non-hydrogen) atoms. The Morgan fingerprint density at radius 1 is 1.22 bits per heavy atom. The number of fused-ring (bicyclic) bond motifs is 1. The highest BCUT2D eigenvalue weighted by Gasteiger charge is 2.52. The molecule has 0 fully saturated rings. The van der Waals surface area contributed by atoms with Crippen LogP contribution in [0.4, 0.5) is 26.3 Å². The summed E-state index contributed by atoms with van der Waals surface area (Å²) < 4.78 is 75.3. The second-order valence-corrected chi connectivity index (χ2v) is 5.37. The summed E-state index contributed by atoms with van der Waals surface area (Å²) in [6.45, 7) is 0.455. The summed E-state index contributed by atoms with van der Waals surface area (Å²) in [5, 5.41) is 9.30. The van der Waals surface area contributed by atoms with Crippen molar-refractivity contribution in [1.29, 1.82) is 0 Å². The zero-order valence-corrected chi connectivity index (χ0v) is 13.9. The molecule has 0 aliphatic carbocycles. The summed E-state index contributed by atoms with van der Waals surface area (Å²) in [4.78, 5) is 0. The lowest BCUT2D eigenvalue weighted by Gasteiger charge is -2.17. The Bertz CT molecular complexity index is 538. The molecule has 3 N–H and O–H groups in total. The van der Waals surface area contributed by atoms with E-state index < -0.39 is 31.1 Å². The smallest absolute Gasteiger partial charge is 0.401 e. The van der Waals surface area contributed by atoms with E-state index in [9.17, 15) is 31.4 Å². The van der Waals surface area contributed by atoms with Gasteiger partial charge in [0.1, 0.15) is 11.7 Å². The Kier molecular flexibility index (Phi) is 7.66. The van der Waals surface area contributed by atoms with E-state index in [0.29, 0.717) is 10.0 Å². The Morgan fingerprint density at radius 3 is 2.09 bits per heavy atom. The van der Waals surface area contributed by atoms with Gasteiger partial charge in [0.15, 0.2) is 0 Å². The van der Waals surface area contributed by atoms with Crippen molar-refractivity contribution in [3.05, 3.63) is 27.7 Å². The zero-order valence-electron chi connectivity index (χ0n) is 11.5. The van der Waals surface area contributed by atoms with E-state index in [1.54, 1.807) is 13.0 Å². The van der Waals surface area contributed by atoms with Gasteiger partial charge < -0.3 is 15.6 Å². The number of halogens is 8. The molecule has 1 aliphatic heterocycles. The molecule has 0 aromatic heterocycles. The highest BCUT2D eigenvalue weighted by molar-refractivity contribution is 9.10. The first-order valence-electron chi connectivity index (χ1n) is 5.85. The molecular weight excluding hydrogens is 419 g/mol. The van der Waals surface area contributed by atoms with E-state index in [-0.39, 0.29) is 23.7 Å². The standard InChI is InChI=1S/C10H8BrF3O2.C2H4F3N.ClH/c1-4-2-5-7(10(12,13)14)9(15)16-8(5)6(11)3-4;3-2(4,5)1-6;/h2-3,7,9,15H,1H3;1,6H2;1H. The number of hydrogen-bond acceptors (Lipinski definition) is 3. The van der Waals surface area contributed by atoms with Crippen LogP contribution >= 0.6 is 28.3 Å². The van der Waals surface area contributed by atoms with Crippen LogP contribution in [0, 0.1) is 6.92 Å². The highest BCUT2D eigenvalue weighted by atomic mass is 79.9. The molecule has 1 aromatic carbocycles. The topological polar surface area (TPSA) is 55.5 Å². The number of hydrogen-bond donors (Lipinski definition) is 2. The number of nitrogens with two attached hydrogens (primary N) is 1. The van der Waals surface area contributed by atoms with Gasteiger partial charge in [-0.3, -0.25) is 0 Å². The first-order valence-corrected chi connectivity index (χ1v) is 6.64. The third-order valence-corrected chi connectivity index (χ3v) is 3.25. The molecule has 2 rings (SSSR count). The van der Waals surface area contributed by atoms with Crippen molar-refractivity contribution in [2.45, 2.75) is 31.5 Å². The average Bonchev–Trinajstić information content (AvgIpc) is 2.65. The minimum Gasteiger partial charge on any atom is -0.463 e. The van der Waals surface area contributed by atoms with E-state index >= 15 is 0 Å². The molecule has 0 saturated heterocycles. The van der Waals surface area contributed by atoms with Gasteiger partial charge in [-0.15, -0.1) is 12.4 Å². The predicted octanol–water partition coefficient (Wildman–Crippen LogP) is 4.04. The molecule has 0 saturated carbocycles. The summed E-state index contributed by atoms with van der Waals surface area (Å²) in [7, 11) is 0. The number of ether oxygens (including phenoxy) is 1. The second kappa shape index (κ2) is 7.91. The molecule has 2 unspecified atom stereocenters. The largest absolute Gasteiger partial charge is 0.463 e. The van der Waals surface area contributed by atoms with Gasteiger partial charge in [0.05, 0.1) is 11.0 Å². The average molecular weight is 433 g/mol. The van der Waals surface area contributed by atoms with Crippen LogP contribution < -0.4 is 10.5 Å². The van der Waals surface area contributed by atoms with E-state index in [1.165, 1.54) is 6.07 Å². The van der Waals surface area contributed by atoms with Crippen LogP contribution in [0.25, 0.3) is 0 Å².